The maximum atomic E-state index is 13.0. The number of hydrogen-bond donors (Lipinski definition) is 8. The molecule has 1 fully saturated rings. The largest absolute Gasteiger partial charge is 0.504 e. The molecular formula is C22H22O13. The third-order valence-corrected chi connectivity index (χ3v) is 5.59. The Labute approximate surface area is 195 Å². The summed E-state index contributed by atoms with van der Waals surface area (Å²) in [5, 5.41) is 79.2. The molecule has 0 amide bonds. The molecule has 0 aliphatic carbocycles. The van der Waals surface area contributed by atoms with Gasteiger partial charge in [0.05, 0.1) is 13.7 Å². The van der Waals surface area contributed by atoms with Crippen molar-refractivity contribution in [2.24, 2.45) is 0 Å². The monoisotopic (exact) mass is 494 g/mol. The molecule has 3 aromatic rings. The lowest BCUT2D eigenvalue weighted by Gasteiger charge is -2.39. The molecule has 188 valence electrons. The van der Waals surface area contributed by atoms with Gasteiger partial charge < -0.3 is 59.5 Å². The van der Waals surface area contributed by atoms with Crippen molar-refractivity contribution in [3.63, 3.8) is 0 Å². The number of benzene rings is 2. The van der Waals surface area contributed by atoms with Crippen LogP contribution in [-0.2, 0) is 4.74 Å². The highest BCUT2D eigenvalue weighted by molar-refractivity contribution is 5.91. The number of fused-ring (bicyclic) bond motifs is 1. The van der Waals surface area contributed by atoms with E-state index in [4.69, 9.17) is 18.6 Å². The average molecular weight is 494 g/mol. The summed E-state index contributed by atoms with van der Waals surface area (Å²) in [6, 6.07) is 4.58. The standard InChI is InChI=1S/C22H22O13/c1-32-21-17(29)13-10(33-20(21)7-2-3-8(24)9(25)4-7)5-11(14(26)16(13)28)34-22-19(31)18(30)15(27)12(6-23)35-22/h2-5,12,15,18-19,22-28,30-31H,6H2,1H3/t12?,15-,18+,19?,22-/m1/s1. The minimum absolute atomic E-state index is 0.125. The van der Waals surface area contributed by atoms with Crippen LogP contribution in [0, 0.1) is 0 Å². The molecule has 0 spiro atoms. The zero-order chi connectivity index (χ0) is 25.6. The highest BCUT2D eigenvalue weighted by Crippen LogP contribution is 2.44. The number of aliphatic hydroxyl groups is 4. The van der Waals surface area contributed by atoms with Crippen LogP contribution in [0.5, 0.6) is 34.5 Å². The number of aromatic hydroxyl groups is 4. The van der Waals surface area contributed by atoms with E-state index in [2.05, 4.69) is 0 Å². The van der Waals surface area contributed by atoms with Gasteiger partial charge in [-0.05, 0) is 18.2 Å². The zero-order valence-corrected chi connectivity index (χ0v) is 18.0. The first-order valence-electron chi connectivity index (χ1n) is 10.2. The number of methoxy groups -OCH3 is 1. The molecule has 0 bridgehead atoms. The second-order valence-electron chi connectivity index (χ2n) is 7.76. The molecule has 2 aromatic carbocycles. The molecule has 8 N–H and O–H groups in total. The predicted molar refractivity (Wildman–Crippen MR) is 116 cm³/mol. The van der Waals surface area contributed by atoms with Crippen LogP contribution in [0.25, 0.3) is 22.3 Å². The summed E-state index contributed by atoms with van der Waals surface area (Å²) in [6.45, 7) is -0.725. The van der Waals surface area contributed by atoms with Crippen LogP contribution >= 0.6 is 0 Å². The van der Waals surface area contributed by atoms with Crippen LogP contribution in [-0.4, -0.2) is 85.3 Å². The molecule has 2 unspecified atom stereocenters. The molecule has 0 saturated carbocycles. The van der Waals surface area contributed by atoms with E-state index in [-0.39, 0.29) is 22.7 Å². The molecule has 4 rings (SSSR count). The van der Waals surface area contributed by atoms with Gasteiger partial charge in [-0.15, -0.1) is 0 Å². The van der Waals surface area contributed by atoms with E-state index < -0.39 is 76.9 Å². The minimum Gasteiger partial charge on any atom is -0.504 e. The molecule has 2 heterocycles. The van der Waals surface area contributed by atoms with E-state index in [0.717, 1.165) is 25.3 Å². The van der Waals surface area contributed by atoms with Crippen molar-refractivity contribution in [1.29, 1.82) is 0 Å². The summed E-state index contributed by atoms with van der Waals surface area (Å²) in [6.07, 6.45) is -8.23. The summed E-state index contributed by atoms with van der Waals surface area (Å²) < 4.78 is 21.4. The van der Waals surface area contributed by atoms with Crippen LogP contribution in [0.2, 0.25) is 0 Å². The van der Waals surface area contributed by atoms with Crippen molar-refractivity contribution in [2.45, 2.75) is 30.7 Å². The number of aliphatic hydroxyl groups excluding tert-OH is 4. The summed E-state index contributed by atoms with van der Waals surface area (Å²) in [4.78, 5) is 13.0. The molecule has 1 saturated heterocycles. The fourth-order valence-corrected chi connectivity index (χ4v) is 3.70. The lowest BCUT2D eigenvalue weighted by atomic mass is 9.99. The Morgan fingerprint density at radius 3 is 2.29 bits per heavy atom. The Hall–Kier alpha value is -3.75. The SMILES string of the molecule is COc1c(-c2ccc(O)c(O)c2)oc2cc(O[C@@H]3OC(CO)[C@@H](O)[C@H](O)C3O)c(O)c(O)c2c1=O. The van der Waals surface area contributed by atoms with Gasteiger partial charge in [0.15, 0.2) is 28.8 Å². The molecule has 13 nitrogen and oxygen atoms in total. The smallest absolute Gasteiger partial charge is 0.239 e. The van der Waals surface area contributed by atoms with E-state index in [9.17, 15) is 45.6 Å². The van der Waals surface area contributed by atoms with Crippen molar-refractivity contribution in [3.8, 4) is 45.8 Å². The van der Waals surface area contributed by atoms with Gasteiger partial charge in [-0.25, -0.2) is 0 Å². The van der Waals surface area contributed by atoms with Gasteiger partial charge in [-0.3, -0.25) is 4.79 Å². The summed E-state index contributed by atoms with van der Waals surface area (Å²) in [7, 11) is 1.16. The second-order valence-corrected chi connectivity index (χ2v) is 7.76. The molecule has 1 aliphatic rings. The van der Waals surface area contributed by atoms with Crippen molar-refractivity contribution >= 4 is 11.0 Å². The molecule has 35 heavy (non-hydrogen) atoms. The fraction of sp³-hybridized carbons (Fsp3) is 0.318. The van der Waals surface area contributed by atoms with E-state index in [1.165, 1.54) is 6.07 Å². The summed E-state index contributed by atoms with van der Waals surface area (Å²) >= 11 is 0. The topological polar surface area (TPSA) is 220 Å². The first-order chi connectivity index (χ1) is 16.6. The third-order valence-electron chi connectivity index (χ3n) is 5.59. The van der Waals surface area contributed by atoms with E-state index in [0.29, 0.717) is 0 Å². The van der Waals surface area contributed by atoms with Crippen LogP contribution in [0.1, 0.15) is 0 Å². The van der Waals surface area contributed by atoms with Crippen molar-refractivity contribution in [1.82, 2.24) is 0 Å². The van der Waals surface area contributed by atoms with Crippen LogP contribution < -0.4 is 14.9 Å². The van der Waals surface area contributed by atoms with Gasteiger partial charge in [-0.2, -0.15) is 0 Å². The first-order valence-corrected chi connectivity index (χ1v) is 10.2. The lowest BCUT2D eigenvalue weighted by molar-refractivity contribution is -0.277. The molecule has 5 atom stereocenters. The van der Waals surface area contributed by atoms with Gasteiger partial charge in [0.2, 0.25) is 23.2 Å². The summed E-state index contributed by atoms with van der Waals surface area (Å²) in [5.74, 6) is -3.91. The Balaban J connectivity index is 1.84. The van der Waals surface area contributed by atoms with E-state index in [1.807, 2.05) is 0 Å². The van der Waals surface area contributed by atoms with Gasteiger partial charge in [0.1, 0.15) is 35.4 Å². The van der Waals surface area contributed by atoms with Gasteiger partial charge in [0.25, 0.3) is 0 Å². The Kier molecular flexibility index (Phi) is 6.36. The second kappa shape index (κ2) is 9.13. The first kappa shape index (κ1) is 24.4. The maximum absolute atomic E-state index is 13.0. The van der Waals surface area contributed by atoms with Crippen LogP contribution in [0.3, 0.4) is 0 Å². The minimum atomic E-state index is -1.82. The zero-order valence-electron chi connectivity index (χ0n) is 18.0. The lowest BCUT2D eigenvalue weighted by Crippen LogP contribution is -2.60. The van der Waals surface area contributed by atoms with Gasteiger partial charge in [0, 0.05) is 11.6 Å². The highest BCUT2D eigenvalue weighted by Gasteiger charge is 2.45. The fourth-order valence-electron chi connectivity index (χ4n) is 3.70. The quantitative estimate of drug-likeness (QED) is 0.209. The van der Waals surface area contributed by atoms with Crippen molar-refractivity contribution in [2.75, 3.05) is 13.7 Å². The van der Waals surface area contributed by atoms with Crippen molar-refractivity contribution in [3.05, 3.63) is 34.5 Å². The third kappa shape index (κ3) is 4.05. The normalized spacial score (nSPS) is 24.4. The van der Waals surface area contributed by atoms with Gasteiger partial charge >= 0.3 is 0 Å². The van der Waals surface area contributed by atoms with Gasteiger partial charge in [-0.1, -0.05) is 0 Å². The van der Waals surface area contributed by atoms with E-state index >= 15 is 0 Å². The maximum Gasteiger partial charge on any atom is 0.239 e. The number of hydrogen-bond acceptors (Lipinski definition) is 13. The number of rotatable bonds is 5. The van der Waals surface area contributed by atoms with Crippen LogP contribution in [0.4, 0.5) is 0 Å². The highest BCUT2D eigenvalue weighted by atomic mass is 16.7. The Morgan fingerprint density at radius 1 is 0.943 bits per heavy atom. The number of phenolic OH excluding ortho intramolecular Hbond substituents is 4. The molecule has 1 aromatic heterocycles. The predicted octanol–water partition coefficient (Wildman–Crippen LogP) is -0.530. The Morgan fingerprint density at radius 2 is 1.66 bits per heavy atom. The van der Waals surface area contributed by atoms with Crippen LogP contribution in [0.15, 0.2) is 33.5 Å². The molecular weight excluding hydrogens is 472 g/mol. The number of phenols is 4. The van der Waals surface area contributed by atoms with E-state index in [1.54, 1.807) is 0 Å². The molecule has 1 aliphatic heterocycles. The van der Waals surface area contributed by atoms with Crippen molar-refractivity contribution < 1.29 is 59.5 Å². The molecule has 13 heteroatoms. The Bertz CT molecular complexity index is 1320. The summed E-state index contributed by atoms with van der Waals surface area (Å²) in [5.41, 5.74) is -1.07. The number of ether oxygens (including phenoxy) is 3. The molecule has 0 radical (unpaired) electrons. The average Bonchev–Trinajstić information content (AvgIpc) is 2.83.